The molecule has 3 heteroatoms. The fourth-order valence-corrected chi connectivity index (χ4v) is 2.42. The smallest absolute Gasteiger partial charge is 0.219 e. The Morgan fingerprint density at radius 2 is 1.40 bits per heavy atom. The average molecular weight is 349 g/mol. The summed E-state index contributed by atoms with van der Waals surface area (Å²) < 4.78 is 0. The lowest BCUT2D eigenvalue weighted by Gasteiger charge is -2.03. The van der Waals surface area contributed by atoms with E-state index < -0.39 is 0 Å². The molecule has 3 nitrogen and oxygen atoms in total. The number of hydrogen-bond acceptors (Lipinski definition) is 2. The Morgan fingerprint density at radius 3 is 2.00 bits per heavy atom. The number of allylic oxidation sites excluding steroid dienone is 6. The van der Waals surface area contributed by atoms with Crippen molar-refractivity contribution in [3.8, 4) is 0 Å². The number of unbranched alkanes of at least 4 members (excludes halogenated alkanes) is 6. The van der Waals surface area contributed by atoms with Crippen LogP contribution in [-0.4, -0.2) is 19.0 Å². The lowest BCUT2D eigenvalue weighted by molar-refractivity contribution is -0.121. The SMILES string of the molecule is CCCCC/C=C\C/C=C\C/C=C\CCCCC(=O)NCCCCN. The van der Waals surface area contributed by atoms with Crippen molar-refractivity contribution in [1.29, 1.82) is 0 Å². The molecule has 0 radical (unpaired) electrons. The second kappa shape index (κ2) is 20.7. The Hall–Kier alpha value is -1.35. The third-order valence-electron chi connectivity index (χ3n) is 4.00. The zero-order valence-electron chi connectivity index (χ0n) is 16.3. The van der Waals surface area contributed by atoms with Gasteiger partial charge in [-0.05, 0) is 64.3 Å². The first-order chi connectivity index (χ1) is 12.3. The van der Waals surface area contributed by atoms with Gasteiger partial charge in [-0.1, -0.05) is 56.2 Å². The standard InChI is InChI=1S/C22H40N2O/c1-2-3-4-5-6-7-8-9-10-11-12-13-14-15-16-19-22(25)24-21-18-17-20-23/h6-7,9-10,12-13H,2-5,8,11,14-21,23H2,1H3,(H,24,25)/b7-6-,10-9-,13-12-. The number of carbonyl (C=O) groups excluding carboxylic acids is 1. The van der Waals surface area contributed by atoms with Crippen LogP contribution in [0.25, 0.3) is 0 Å². The summed E-state index contributed by atoms with van der Waals surface area (Å²) in [5.74, 6) is 0.173. The normalized spacial score (nSPS) is 11.9. The molecule has 0 saturated carbocycles. The summed E-state index contributed by atoms with van der Waals surface area (Å²) >= 11 is 0. The molecule has 1 amide bonds. The number of nitrogens with one attached hydrogen (secondary N) is 1. The quantitative estimate of drug-likeness (QED) is 0.272. The van der Waals surface area contributed by atoms with Crippen LogP contribution in [0.2, 0.25) is 0 Å². The summed E-state index contributed by atoms with van der Waals surface area (Å²) in [6, 6.07) is 0. The fourth-order valence-electron chi connectivity index (χ4n) is 2.42. The van der Waals surface area contributed by atoms with Gasteiger partial charge in [0.15, 0.2) is 0 Å². The lowest BCUT2D eigenvalue weighted by atomic mass is 10.1. The van der Waals surface area contributed by atoms with Gasteiger partial charge in [0.25, 0.3) is 0 Å². The summed E-state index contributed by atoms with van der Waals surface area (Å²) in [4.78, 5) is 11.6. The summed E-state index contributed by atoms with van der Waals surface area (Å²) in [6.07, 6.45) is 26.4. The van der Waals surface area contributed by atoms with Crippen molar-refractivity contribution in [3.63, 3.8) is 0 Å². The molecule has 0 rings (SSSR count). The Balaban J connectivity index is 3.37. The fraction of sp³-hybridized carbons (Fsp3) is 0.682. The highest BCUT2D eigenvalue weighted by molar-refractivity contribution is 5.75. The molecule has 0 bridgehead atoms. The van der Waals surface area contributed by atoms with Crippen LogP contribution in [0, 0.1) is 0 Å². The second-order valence-corrected chi connectivity index (χ2v) is 6.47. The van der Waals surface area contributed by atoms with Crippen molar-refractivity contribution in [2.45, 2.75) is 84.0 Å². The molecular formula is C22H40N2O. The van der Waals surface area contributed by atoms with Gasteiger partial charge in [0, 0.05) is 13.0 Å². The highest BCUT2D eigenvalue weighted by Gasteiger charge is 1.99. The molecule has 0 aliphatic rings. The minimum atomic E-state index is 0.173. The van der Waals surface area contributed by atoms with Crippen molar-refractivity contribution in [3.05, 3.63) is 36.5 Å². The zero-order chi connectivity index (χ0) is 18.4. The Bertz CT molecular complexity index is 372. The van der Waals surface area contributed by atoms with Gasteiger partial charge in [-0.2, -0.15) is 0 Å². The number of amides is 1. The van der Waals surface area contributed by atoms with E-state index in [1.807, 2.05) is 0 Å². The molecule has 0 aliphatic carbocycles. The molecule has 0 aromatic heterocycles. The lowest BCUT2D eigenvalue weighted by Crippen LogP contribution is -2.24. The Kier molecular flexibility index (Phi) is 19.6. The molecule has 25 heavy (non-hydrogen) atoms. The molecular weight excluding hydrogens is 308 g/mol. The van der Waals surface area contributed by atoms with Gasteiger partial charge >= 0.3 is 0 Å². The van der Waals surface area contributed by atoms with E-state index in [0.29, 0.717) is 13.0 Å². The zero-order valence-corrected chi connectivity index (χ0v) is 16.3. The highest BCUT2D eigenvalue weighted by atomic mass is 16.1. The van der Waals surface area contributed by atoms with Crippen molar-refractivity contribution >= 4 is 5.91 Å². The summed E-state index contributed by atoms with van der Waals surface area (Å²) in [7, 11) is 0. The van der Waals surface area contributed by atoms with E-state index in [-0.39, 0.29) is 5.91 Å². The van der Waals surface area contributed by atoms with E-state index in [9.17, 15) is 4.79 Å². The Morgan fingerprint density at radius 1 is 0.800 bits per heavy atom. The van der Waals surface area contributed by atoms with Gasteiger partial charge in [-0.15, -0.1) is 0 Å². The summed E-state index contributed by atoms with van der Waals surface area (Å²) in [6.45, 7) is 3.70. The van der Waals surface area contributed by atoms with E-state index in [1.165, 1.54) is 25.7 Å². The van der Waals surface area contributed by atoms with Crippen LogP contribution in [0.15, 0.2) is 36.5 Å². The van der Waals surface area contributed by atoms with Crippen LogP contribution in [0.3, 0.4) is 0 Å². The number of nitrogens with two attached hydrogens (primary N) is 1. The first-order valence-electron chi connectivity index (χ1n) is 10.2. The first-order valence-corrected chi connectivity index (χ1v) is 10.2. The molecule has 0 saturated heterocycles. The van der Waals surface area contributed by atoms with Crippen molar-refractivity contribution in [2.75, 3.05) is 13.1 Å². The van der Waals surface area contributed by atoms with E-state index in [1.54, 1.807) is 0 Å². The second-order valence-electron chi connectivity index (χ2n) is 6.47. The predicted molar refractivity (Wildman–Crippen MR) is 111 cm³/mol. The molecule has 0 aromatic rings. The van der Waals surface area contributed by atoms with Gasteiger partial charge < -0.3 is 11.1 Å². The molecule has 0 atom stereocenters. The maximum atomic E-state index is 11.6. The summed E-state index contributed by atoms with van der Waals surface area (Å²) in [5.41, 5.74) is 5.42. The van der Waals surface area contributed by atoms with Crippen molar-refractivity contribution in [1.82, 2.24) is 5.32 Å². The van der Waals surface area contributed by atoms with Crippen LogP contribution >= 0.6 is 0 Å². The van der Waals surface area contributed by atoms with Crippen LogP contribution in [0.1, 0.15) is 84.0 Å². The minimum absolute atomic E-state index is 0.173. The largest absolute Gasteiger partial charge is 0.356 e. The van der Waals surface area contributed by atoms with Gasteiger partial charge in [0.1, 0.15) is 0 Å². The minimum Gasteiger partial charge on any atom is -0.356 e. The molecule has 0 unspecified atom stereocenters. The van der Waals surface area contributed by atoms with Gasteiger partial charge in [0.2, 0.25) is 5.91 Å². The summed E-state index contributed by atoms with van der Waals surface area (Å²) in [5, 5.41) is 2.94. The van der Waals surface area contributed by atoms with E-state index in [2.05, 4.69) is 48.7 Å². The number of rotatable bonds is 17. The van der Waals surface area contributed by atoms with E-state index in [4.69, 9.17) is 5.73 Å². The molecule has 0 heterocycles. The molecule has 0 aromatic carbocycles. The van der Waals surface area contributed by atoms with Crippen LogP contribution in [-0.2, 0) is 4.79 Å². The van der Waals surface area contributed by atoms with E-state index in [0.717, 1.165) is 51.5 Å². The number of carbonyl (C=O) groups is 1. The van der Waals surface area contributed by atoms with Crippen molar-refractivity contribution in [2.24, 2.45) is 5.73 Å². The van der Waals surface area contributed by atoms with Crippen LogP contribution < -0.4 is 11.1 Å². The third-order valence-corrected chi connectivity index (χ3v) is 4.00. The predicted octanol–water partition coefficient (Wildman–Crippen LogP) is 5.43. The van der Waals surface area contributed by atoms with Gasteiger partial charge in [-0.25, -0.2) is 0 Å². The molecule has 0 spiro atoms. The van der Waals surface area contributed by atoms with Crippen molar-refractivity contribution < 1.29 is 4.79 Å². The monoisotopic (exact) mass is 348 g/mol. The Labute approximate surface area is 155 Å². The first kappa shape index (κ1) is 23.6. The highest BCUT2D eigenvalue weighted by Crippen LogP contribution is 2.03. The molecule has 0 fully saturated rings. The maximum Gasteiger partial charge on any atom is 0.219 e. The maximum absolute atomic E-state index is 11.6. The average Bonchev–Trinajstić information content (AvgIpc) is 2.62. The molecule has 144 valence electrons. The number of hydrogen-bond donors (Lipinski definition) is 2. The topological polar surface area (TPSA) is 55.1 Å². The molecule has 3 N–H and O–H groups in total. The van der Waals surface area contributed by atoms with Gasteiger partial charge in [-0.3, -0.25) is 4.79 Å². The van der Waals surface area contributed by atoms with Gasteiger partial charge in [0.05, 0.1) is 0 Å². The molecule has 0 aliphatic heterocycles. The third kappa shape index (κ3) is 20.6. The van der Waals surface area contributed by atoms with E-state index >= 15 is 0 Å². The van der Waals surface area contributed by atoms with Crippen LogP contribution in [0.4, 0.5) is 0 Å². The van der Waals surface area contributed by atoms with Crippen LogP contribution in [0.5, 0.6) is 0 Å².